The van der Waals surface area contributed by atoms with Gasteiger partial charge < -0.3 is 20.4 Å². The van der Waals surface area contributed by atoms with E-state index < -0.39 is 12.1 Å². The molecule has 0 amide bonds. The second-order valence-electron chi connectivity index (χ2n) is 4.93. The average molecular weight is 504 g/mol. The number of aliphatic carboxylic acids is 1. The highest BCUT2D eigenvalue weighted by Crippen LogP contribution is 2.42. The fourth-order valence-electron chi connectivity index (χ4n) is 2.18. The third-order valence-corrected chi connectivity index (χ3v) is 5.62. The number of hydrogen-bond donors (Lipinski definition) is 3. The van der Waals surface area contributed by atoms with Gasteiger partial charge in [-0.25, -0.2) is 9.78 Å². The number of halogens is 5. The van der Waals surface area contributed by atoms with Gasteiger partial charge in [-0.1, -0.05) is 23.8 Å². The smallest absolute Gasteiger partial charge is 0.475 e. The summed E-state index contributed by atoms with van der Waals surface area (Å²) in [7, 11) is 0. The van der Waals surface area contributed by atoms with Crippen LogP contribution in [0.1, 0.15) is 0 Å². The molecule has 0 fully saturated rings. The third-order valence-electron chi connectivity index (χ3n) is 3.21. The summed E-state index contributed by atoms with van der Waals surface area (Å²) in [5, 5.41) is 9.80. The first kappa shape index (κ1) is 21.8. The molecule has 0 aliphatic rings. The first-order chi connectivity index (χ1) is 12.6. The molecule has 0 bridgehead atoms. The summed E-state index contributed by atoms with van der Waals surface area (Å²) >= 11 is 16.9. The van der Waals surface area contributed by atoms with Gasteiger partial charge in [-0.2, -0.15) is 13.2 Å². The minimum absolute atomic E-state index is 0.510. The maximum Gasteiger partial charge on any atom is 0.490 e. The number of H-pyrrole nitrogens is 1. The Morgan fingerprint density at radius 3 is 2.63 bits per heavy atom. The van der Waals surface area contributed by atoms with Crippen molar-refractivity contribution < 1.29 is 23.1 Å². The predicted octanol–water partition coefficient (Wildman–Crippen LogP) is 4.83. The quantitative estimate of drug-likeness (QED) is 0.445. The van der Waals surface area contributed by atoms with E-state index in [1.54, 1.807) is 17.7 Å². The fraction of sp³-hybridized carbons (Fsp3) is 0.214. The number of nitrogens with two attached hydrogens (primary N) is 1. The van der Waals surface area contributed by atoms with Crippen LogP contribution < -0.4 is 5.73 Å². The van der Waals surface area contributed by atoms with E-state index in [2.05, 4.69) is 30.5 Å². The molecule has 13 heteroatoms. The van der Waals surface area contributed by atoms with Crippen LogP contribution in [0.2, 0.25) is 5.02 Å². The van der Waals surface area contributed by atoms with Crippen molar-refractivity contribution in [2.24, 2.45) is 5.73 Å². The zero-order valence-corrected chi connectivity index (χ0v) is 17.2. The number of carboxylic acids is 1. The summed E-state index contributed by atoms with van der Waals surface area (Å²) in [6.45, 7) is 1.16. The lowest BCUT2D eigenvalue weighted by molar-refractivity contribution is -0.192. The number of fused-ring (bicyclic) bond motifs is 1. The molecule has 3 aromatic rings. The third kappa shape index (κ3) is 4.69. The molecule has 0 unspecified atom stereocenters. The molecule has 3 heterocycles. The summed E-state index contributed by atoms with van der Waals surface area (Å²) in [6.07, 6.45) is -3.48. The van der Waals surface area contributed by atoms with E-state index in [1.165, 1.54) is 0 Å². The Morgan fingerprint density at radius 1 is 1.52 bits per heavy atom. The fourth-order valence-corrected chi connectivity index (χ4v) is 4.48. The van der Waals surface area contributed by atoms with Gasteiger partial charge in [0.25, 0.3) is 0 Å². The average Bonchev–Trinajstić information content (AvgIpc) is 3.10. The number of alkyl halides is 3. The maximum atomic E-state index is 10.6. The molecule has 0 saturated carbocycles. The van der Waals surface area contributed by atoms with Crippen LogP contribution in [0.25, 0.3) is 21.6 Å². The number of aromatic amines is 1. The second kappa shape index (κ2) is 8.69. The predicted molar refractivity (Wildman–Crippen MR) is 104 cm³/mol. The molecule has 0 aliphatic carbocycles. The van der Waals surface area contributed by atoms with E-state index in [0.717, 1.165) is 26.1 Å². The van der Waals surface area contributed by atoms with Crippen molar-refractivity contribution in [2.75, 3.05) is 6.54 Å². The highest BCUT2D eigenvalue weighted by molar-refractivity contribution is 9.10. The van der Waals surface area contributed by atoms with Crippen LogP contribution in [-0.2, 0) is 11.3 Å². The van der Waals surface area contributed by atoms with E-state index in [-0.39, 0.29) is 0 Å². The summed E-state index contributed by atoms with van der Waals surface area (Å²) in [5.74, 6) is -2.76. The number of thiophene rings is 1. The number of nitrogens with zero attached hydrogens (tertiary/aromatic N) is 2. The van der Waals surface area contributed by atoms with Crippen LogP contribution in [-0.4, -0.2) is 38.3 Å². The largest absolute Gasteiger partial charge is 0.490 e. The van der Waals surface area contributed by atoms with Gasteiger partial charge in [-0.15, -0.1) is 11.3 Å². The topological polar surface area (TPSA) is 96.9 Å². The molecule has 27 heavy (non-hydrogen) atoms. The number of hydrogen-bond acceptors (Lipinski definition) is 5. The molecule has 3 rings (SSSR count). The molecular formula is C14H11BrClF3N4O2S2. The van der Waals surface area contributed by atoms with Crippen LogP contribution in [0, 0.1) is 4.64 Å². The molecule has 0 spiro atoms. The number of nitrogens with one attached hydrogen (secondary N) is 1. The Morgan fingerprint density at radius 2 is 2.15 bits per heavy atom. The maximum absolute atomic E-state index is 10.6. The van der Waals surface area contributed by atoms with Gasteiger partial charge in [-0.3, -0.25) is 0 Å². The highest BCUT2D eigenvalue weighted by atomic mass is 79.9. The van der Waals surface area contributed by atoms with Crippen molar-refractivity contribution in [1.82, 2.24) is 14.5 Å². The highest BCUT2D eigenvalue weighted by Gasteiger charge is 2.38. The second-order valence-corrected chi connectivity index (χ2v) is 7.46. The summed E-state index contributed by atoms with van der Waals surface area (Å²) < 4.78 is 35.3. The van der Waals surface area contributed by atoms with E-state index >= 15 is 0 Å². The molecule has 6 nitrogen and oxygen atoms in total. The van der Waals surface area contributed by atoms with Crippen molar-refractivity contribution >= 4 is 68.1 Å². The monoisotopic (exact) mass is 502 g/mol. The van der Waals surface area contributed by atoms with Crippen LogP contribution in [0.5, 0.6) is 0 Å². The van der Waals surface area contributed by atoms with Gasteiger partial charge in [0.2, 0.25) is 0 Å². The Balaban J connectivity index is 0.000000321. The molecule has 0 saturated heterocycles. The number of rotatable bonds is 3. The molecule has 3 aromatic heterocycles. The van der Waals surface area contributed by atoms with Crippen LogP contribution in [0.3, 0.4) is 0 Å². The van der Waals surface area contributed by atoms with Crippen molar-refractivity contribution in [3.05, 3.63) is 31.9 Å². The van der Waals surface area contributed by atoms with Gasteiger partial charge in [-0.05, 0) is 27.4 Å². The Kier molecular flexibility index (Phi) is 7.03. The molecule has 0 radical (unpaired) electrons. The Bertz CT molecular complexity index is 1030. The van der Waals surface area contributed by atoms with E-state index in [9.17, 15) is 13.2 Å². The van der Waals surface area contributed by atoms with Gasteiger partial charge in [0.05, 0.1) is 26.4 Å². The zero-order valence-electron chi connectivity index (χ0n) is 13.2. The molecule has 0 aromatic carbocycles. The van der Waals surface area contributed by atoms with Gasteiger partial charge in [0.15, 0.2) is 0 Å². The van der Waals surface area contributed by atoms with E-state index in [0.29, 0.717) is 22.8 Å². The molecule has 0 atom stereocenters. The van der Waals surface area contributed by atoms with Crippen LogP contribution >= 0.6 is 51.1 Å². The lowest BCUT2D eigenvalue weighted by Crippen LogP contribution is -2.21. The van der Waals surface area contributed by atoms with E-state index in [4.69, 9.17) is 39.5 Å². The van der Waals surface area contributed by atoms with Crippen LogP contribution in [0.15, 0.2) is 22.2 Å². The minimum atomic E-state index is -5.08. The lowest BCUT2D eigenvalue weighted by Gasteiger charge is -2.08. The number of carboxylic acid groups (broad SMARTS) is 1. The van der Waals surface area contributed by atoms with Crippen molar-refractivity contribution in [3.63, 3.8) is 0 Å². The molecule has 0 aliphatic heterocycles. The minimum Gasteiger partial charge on any atom is -0.475 e. The zero-order chi connectivity index (χ0) is 20.4. The van der Waals surface area contributed by atoms with Crippen molar-refractivity contribution in [1.29, 1.82) is 0 Å². The first-order valence-electron chi connectivity index (χ1n) is 7.08. The van der Waals surface area contributed by atoms with Gasteiger partial charge in [0.1, 0.15) is 15.7 Å². The Hall–Kier alpha value is -1.47. The summed E-state index contributed by atoms with van der Waals surface area (Å²) in [5.41, 5.74) is 8.41. The summed E-state index contributed by atoms with van der Waals surface area (Å²) in [6, 6.07) is 1.88. The number of carbonyl (C=O) groups is 1. The first-order valence-corrected chi connectivity index (χ1v) is 9.54. The standard InChI is InChI=1S/C12H10BrClN4S2.C2HF3O2/c13-7-8-10(12(19)17-5-16-8)18(3-2-15)9(7)11-6(14)1-4-20-11;3-2(4,5)1(6)7/h1,4-5H,2-3,15H2,(H,16,17,19);(H,6,7). The molecule has 4 N–H and O–H groups in total. The van der Waals surface area contributed by atoms with Gasteiger partial charge >= 0.3 is 12.1 Å². The SMILES string of the molecule is NCCn1c(-c2sccc2Cl)c(Br)c2nc[nH]c(=S)c21.O=C(O)C(F)(F)F. The molecule has 146 valence electrons. The van der Waals surface area contributed by atoms with E-state index in [1.807, 2.05) is 11.4 Å². The molecular weight excluding hydrogens is 493 g/mol. The number of aromatic nitrogens is 3. The lowest BCUT2D eigenvalue weighted by atomic mass is 10.3. The van der Waals surface area contributed by atoms with Crippen molar-refractivity contribution in [3.8, 4) is 10.6 Å². The van der Waals surface area contributed by atoms with Crippen molar-refractivity contribution in [2.45, 2.75) is 12.7 Å². The normalized spacial score (nSPS) is 11.3. The summed E-state index contributed by atoms with van der Waals surface area (Å²) in [4.78, 5) is 17.2. The Labute approximate surface area is 172 Å². The van der Waals surface area contributed by atoms with Crippen LogP contribution in [0.4, 0.5) is 13.2 Å². The van der Waals surface area contributed by atoms with Gasteiger partial charge in [0, 0.05) is 13.1 Å².